The van der Waals surface area contributed by atoms with Gasteiger partial charge in [-0.3, -0.25) is 9.59 Å². The fourth-order valence-corrected chi connectivity index (χ4v) is 1.06. The van der Waals surface area contributed by atoms with Crippen molar-refractivity contribution in [1.29, 1.82) is 0 Å². The third-order valence-electron chi connectivity index (χ3n) is 1.89. The maximum absolute atomic E-state index is 11.1. The minimum atomic E-state index is -0.441. The summed E-state index contributed by atoms with van der Waals surface area (Å²) in [6, 6.07) is 0. The van der Waals surface area contributed by atoms with Gasteiger partial charge in [0.05, 0.1) is 5.92 Å². The molecule has 0 aromatic rings. The van der Waals surface area contributed by atoms with Crippen molar-refractivity contribution in [2.75, 3.05) is 6.54 Å². The third kappa shape index (κ3) is 1.03. The standard InChI is InChI=1S/C7H11NO2/c1-4-3-8-7(10)5(2)6(4)9/h4-5H,3H2,1-2H3,(H,8,10). The van der Waals surface area contributed by atoms with E-state index in [0.29, 0.717) is 6.54 Å². The van der Waals surface area contributed by atoms with E-state index in [9.17, 15) is 9.59 Å². The highest BCUT2D eigenvalue weighted by atomic mass is 16.2. The molecule has 10 heavy (non-hydrogen) atoms. The van der Waals surface area contributed by atoms with Gasteiger partial charge in [-0.25, -0.2) is 0 Å². The van der Waals surface area contributed by atoms with Crippen molar-refractivity contribution in [3.05, 3.63) is 0 Å². The summed E-state index contributed by atoms with van der Waals surface area (Å²) in [5.74, 6) is -0.525. The normalized spacial score (nSPS) is 33.8. The number of carbonyl (C=O) groups excluding carboxylic acids is 2. The summed E-state index contributed by atoms with van der Waals surface area (Å²) in [4.78, 5) is 21.9. The summed E-state index contributed by atoms with van der Waals surface area (Å²) in [5, 5.41) is 2.65. The molecule has 56 valence electrons. The zero-order valence-corrected chi connectivity index (χ0v) is 6.18. The van der Waals surface area contributed by atoms with E-state index in [0.717, 1.165) is 0 Å². The Morgan fingerprint density at radius 1 is 1.40 bits per heavy atom. The molecule has 1 aliphatic rings. The van der Waals surface area contributed by atoms with Gasteiger partial charge in [0.15, 0.2) is 0 Å². The molecule has 2 atom stereocenters. The molecule has 2 unspecified atom stereocenters. The summed E-state index contributed by atoms with van der Waals surface area (Å²) in [6.45, 7) is 3.98. The first kappa shape index (κ1) is 7.25. The Balaban J connectivity index is 2.70. The Morgan fingerprint density at radius 2 is 2.00 bits per heavy atom. The van der Waals surface area contributed by atoms with Crippen molar-refractivity contribution < 1.29 is 9.59 Å². The number of ketones is 1. The molecular formula is C7H11NO2. The van der Waals surface area contributed by atoms with Crippen LogP contribution in [-0.2, 0) is 9.59 Å². The molecule has 0 saturated carbocycles. The average Bonchev–Trinajstić information content (AvgIpc) is 1.93. The molecule has 3 nitrogen and oxygen atoms in total. The monoisotopic (exact) mass is 141 g/mol. The maximum atomic E-state index is 11.1. The number of carbonyl (C=O) groups is 2. The number of hydrogen-bond donors (Lipinski definition) is 1. The van der Waals surface area contributed by atoms with Gasteiger partial charge in [-0.05, 0) is 6.92 Å². The van der Waals surface area contributed by atoms with Crippen LogP contribution in [-0.4, -0.2) is 18.2 Å². The molecule has 1 N–H and O–H groups in total. The summed E-state index contributed by atoms with van der Waals surface area (Å²) >= 11 is 0. The number of piperidine rings is 1. The summed E-state index contributed by atoms with van der Waals surface area (Å²) in [6.07, 6.45) is 0. The van der Waals surface area contributed by atoms with Crippen molar-refractivity contribution >= 4 is 11.7 Å². The predicted octanol–water partition coefficient (Wildman–Crippen LogP) is -0.0425. The van der Waals surface area contributed by atoms with Crippen LogP contribution in [0.4, 0.5) is 0 Å². The smallest absolute Gasteiger partial charge is 0.230 e. The largest absolute Gasteiger partial charge is 0.355 e. The van der Waals surface area contributed by atoms with Crippen LogP contribution in [0, 0.1) is 11.8 Å². The Kier molecular flexibility index (Phi) is 1.74. The van der Waals surface area contributed by atoms with E-state index in [2.05, 4.69) is 5.32 Å². The van der Waals surface area contributed by atoms with Gasteiger partial charge in [0.25, 0.3) is 0 Å². The summed E-state index contributed by atoms with van der Waals surface area (Å²) in [5.41, 5.74) is 0. The molecule has 0 aromatic carbocycles. The van der Waals surface area contributed by atoms with Crippen LogP contribution >= 0.6 is 0 Å². The third-order valence-corrected chi connectivity index (χ3v) is 1.89. The molecule has 1 fully saturated rings. The first-order valence-electron chi connectivity index (χ1n) is 3.44. The molecule has 0 spiro atoms. The lowest BCUT2D eigenvalue weighted by molar-refractivity contribution is -0.138. The molecule has 1 rings (SSSR count). The second-order valence-corrected chi connectivity index (χ2v) is 2.77. The fourth-order valence-electron chi connectivity index (χ4n) is 1.06. The molecule has 1 aliphatic heterocycles. The van der Waals surface area contributed by atoms with Crippen molar-refractivity contribution in [2.24, 2.45) is 11.8 Å². The van der Waals surface area contributed by atoms with Crippen LogP contribution in [0.5, 0.6) is 0 Å². The van der Waals surface area contributed by atoms with Gasteiger partial charge in [0, 0.05) is 12.5 Å². The molecule has 3 heteroatoms. The van der Waals surface area contributed by atoms with Crippen LogP contribution < -0.4 is 5.32 Å². The van der Waals surface area contributed by atoms with Crippen molar-refractivity contribution in [3.63, 3.8) is 0 Å². The van der Waals surface area contributed by atoms with Crippen LogP contribution in [0.1, 0.15) is 13.8 Å². The molecular weight excluding hydrogens is 130 g/mol. The van der Waals surface area contributed by atoms with Gasteiger partial charge in [0.2, 0.25) is 5.91 Å². The van der Waals surface area contributed by atoms with Crippen LogP contribution in [0.2, 0.25) is 0 Å². The number of Topliss-reactive ketones (excluding diaryl/α,β-unsaturated/α-hetero) is 1. The topological polar surface area (TPSA) is 46.2 Å². The molecule has 1 heterocycles. The van der Waals surface area contributed by atoms with Crippen LogP contribution in [0.15, 0.2) is 0 Å². The maximum Gasteiger partial charge on any atom is 0.230 e. The molecule has 0 aromatic heterocycles. The van der Waals surface area contributed by atoms with Crippen molar-refractivity contribution in [3.8, 4) is 0 Å². The Hall–Kier alpha value is -0.860. The first-order chi connectivity index (χ1) is 4.63. The quantitative estimate of drug-likeness (QED) is 0.481. The van der Waals surface area contributed by atoms with E-state index in [-0.39, 0.29) is 17.6 Å². The highest BCUT2D eigenvalue weighted by Crippen LogP contribution is 2.10. The minimum absolute atomic E-state index is 0.00676. The average molecular weight is 141 g/mol. The van der Waals surface area contributed by atoms with E-state index in [1.807, 2.05) is 6.92 Å². The van der Waals surface area contributed by atoms with E-state index in [1.54, 1.807) is 6.92 Å². The predicted molar refractivity (Wildman–Crippen MR) is 36.3 cm³/mol. The minimum Gasteiger partial charge on any atom is -0.355 e. The Bertz CT molecular complexity index is 176. The second kappa shape index (κ2) is 2.40. The number of rotatable bonds is 0. The van der Waals surface area contributed by atoms with Gasteiger partial charge < -0.3 is 5.32 Å². The molecule has 0 aliphatic carbocycles. The van der Waals surface area contributed by atoms with E-state index in [4.69, 9.17) is 0 Å². The number of hydrogen-bond acceptors (Lipinski definition) is 2. The van der Waals surface area contributed by atoms with E-state index >= 15 is 0 Å². The van der Waals surface area contributed by atoms with Gasteiger partial charge in [0.1, 0.15) is 5.78 Å². The van der Waals surface area contributed by atoms with Crippen LogP contribution in [0.3, 0.4) is 0 Å². The van der Waals surface area contributed by atoms with E-state index < -0.39 is 5.92 Å². The highest BCUT2D eigenvalue weighted by Gasteiger charge is 2.30. The number of amides is 1. The van der Waals surface area contributed by atoms with Crippen molar-refractivity contribution in [2.45, 2.75) is 13.8 Å². The zero-order valence-electron chi connectivity index (χ0n) is 6.18. The lowest BCUT2D eigenvalue weighted by Crippen LogP contribution is -2.46. The van der Waals surface area contributed by atoms with Gasteiger partial charge >= 0.3 is 0 Å². The second-order valence-electron chi connectivity index (χ2n) is 2.77. The molecule has 1 amide bonds. The highest BCUT2D eigenvalue weighted by molar-refractivity contribution is 6.04. The number of nitrogens with one attached hydrogen (secondary N) is 1. The molecule has 0 bridgehead atoms. The Labute approximate surface area is 59.8 Å². The summed E-state index contributed by atoms with van der Waals surface area (Å²) in [7, 11) is 0. The van der Waals surface area contributed by atoms with Crippen molar-refractivity contribution in [1.82, 2.24) is 5.32 Å². The van der Waals surface area contributed by atoms with E-state index in [1.165, 1.54) is 0 Å². The van der Waals surface area contributed by atoms with Gasteiger partial charge in [-0.1, -0.05) is 6.92 Å². The fraction of sp³-hybridized carbons (Fsp3) is 0.714. The van der Waals surface area contributed by atoms with Gasteiger partial charge in [-0.2, -0.15) is 0 Å². The summed E-state index contributed by atoms with van der Waals surface area (Å²) < 4.78 is 0. The van der Waals surface area contributed by atoms with Gasteiger partial charge in [-0.15, -0.1) is 0 Å². The SMILES string of the molecule is CC1CNC(=O)C(C)C1=O. The van der Waals surface area contributed by atoms with Crippen LogP contribution in [0.25, 0.3) is 0 Å². The lowest BCUT2D eigenvalue weighted by Gasteiger charge is -2.22. The first-order valence-corrected chi connectivity index (χ1v) is 3.44. The zero-order chi connectivity index (χ0) is 7.72. The molecule has 0 radical (unpaired) electrons. The lowest BCUT2D eigenvalue weighted by atomic mass is 9.91. The Morgan fingerprint density at radius 3 is 2.50 bits per heavy atom. The molecule has 1 saturated heterocycles.